The van der Waals surface area contributed by atoms with Gasteiger partial charge in [0.25, 0.3) is 10.0 Å². The Hall–Kier alpha value is -3.49. The van der Waals surface area contributed by atoms with Gasteiger partial charge in [0.2, 0.25) is 0 Å². The van der Waals surface area contributed by atoms with Gasteiger partial charge in [-0.2, -0.15) is 5.10 Å². The summed E-state index contributed by atoms with van der Waals surface area (Å²) in [6, 6.07) is 14.5. The molecule has 0 amide bonds. The number of hydrogen-bond acceptors (Lipinski definition) is 5. The number of pyridine rings is 1. The molecular formula is C27H28N4O3S. The van der Waals surface area contributed by atoms with Crippen LogP contribution in [0.2, 0.25) is 0 Å². The average Bonchev–Trinajstić information content (AvgIpc) is 3.37. The van der Waals surface area contributed by atoms with Crippen LogP contribution in [0.3, 0.4) is 0 Å². The minimum Gasteiger partial charge on any atom is -0.386 e. The molecule has 0 saturated heterocycles. The van der Waals surface area contributed by atoms with Crippen molar-refractivity contribution in [2.45, 2.75) is 44.6 Å². The molecule has 0 atom stereocenters. The van der Waals surface area contributed by atoms with Gasteiger partial charge in [0.1, 0.15) is 5.69 Å². The van der Waals surface area contributed by atoms with Gasteiger partial charge in [0.15, 0.2) is 5.65 Å². The maximum absolute atomic E-state index is 13.5. The Bertz CT molecular complexity index is 1670. The fourth-order valence-electron chi connectivity index (χ4n) is 4.51. The SMILES string of the molecule is CCc1cn(S(=O)(=O)c2ccc(C)cc2)c2ncc3c(-c4ccc(C(C)(C)O)cc4)nn(C)c3c12. The molecule has 7 nitrogen and oxygen atoms in total. The summed E-state index contributed by atoms with van der Waals surface area (Å²) in [6.07, 6.45) is 4.02. The molecule has 0 radical (unpaired) electrons. The van der Waals surface area contributed by atoms with Crippen LogP contribution in [-0.4, -0.2) is 32.3 Å². The van der Waals surface area contributed by atoms with Gasteiger partial charge in [-0.05, 0) is 50.5 Å². The van der Waals surface area contributed by atoms with Crippen molar-refractivity contribution in [1.29, 1.82) is 0 Å². The lowest BCUT2D eigenvalue weighted by Crippen LogP contribution is -2.14. The Morgan fingerprint density at radius 3 is 2.29 bits per heavy atom. The van der Waals surface area contributed by atoms with E-state index in [0.717, 1.165) is 44.2 Å². The van der Waals surface area contributed by atoms with Crippen molar-refractivity contribution in [1.82, 2.24) is 18.7 Å². The van der Waals surface area contributed by atoms with E-state index in [1.807, 2.05) is 45.2 Å². The van der Waals surface area contributed by atoms with E-state index < -0.39 is 15.6 Å². The molecule has 180 valence electrons. The van der Waals surface area contributed by atoms with E-state index in [9.17, 15) is 13.5 Å². The monoisotopic (exact) mass is 488 g/mol. The molecule has 0 fully saturated rings. The number of nitrogens with zero attached hydrogens (tertiary/aromatic N) is 4. The van der Waals surface area contributed by atoms with Gasteiger partial charge >= 0.3 is 0 Å². The molecule has 3 heterocycles. The van der Waals surface area contributed by atoms with Gasteiger partial charge in [-0.15, -0.1) is 0 Å². The predicted molar refractivity (Wildman–Crippen MR) is 138 cm³/mol. The number of hydrogen-bond donors (Lipinski definition) is 1. The van der Waals surface area contributed by atoms with E-state index in [-0.39, 0.29) is 4.90 Å². The van der Waals surface area contributed by atoms with Gasteiger partial charge in [-0.25, -0.2) is 17.4 Å². The second-order valence-electron chi connectivity index (χ2n) is 9.45. The third-order valence-corrected chi connectivity index (χ3v) is 8.15. The van der Waals surface area contributed by atoms with Gasteiger partial charge < -0.3 is 5.11 Å². The van der Waals surface area contributed by atoms with Crippen LogP contribution in [0.5, 0.6) is 0 Å². The van der Waals surface area contributed by atoms with Gasteiger partial charge in [0, 0.05) is 35.8 Å². The normalized spacial score (nSPS) is 12.6. The van der Waals surface area contributed by atoms with Crippen molar-refractivity contribution < 1.29 is 13.5 Å². The van der Waals surface area contributed by atoms with E-state index in [0.29, 0.717) is 12.1 Å². The number of benzene rings is 2. The third kappa shape index (κ3) is 3.73. The topological polar surface area (TPSA) is 90.0 Å². The van der Waals surface area contributed by atoms with Crippen molar-refractivity contribution in [2.24, 2.45) is 7.05 Å². The quantitative estimate of drug-likeness (QED) is 0.379. The zero-order chi connectivity index (χ0) is 25.1. The summed E-state index contributed by atoms with van der Waals surface area (Å²) in [7, 11) is -1.95. The lowest BCUT2D eigenvalue weighted by Gasteiger charge is -2.17. The lowest BCUT2D eigenvalue weighted by molar-refractivity contribution is 0.0786. The minimum absolute atomic E-state index is 0.224. The molecule has 0 bridgehead atoms. The molecule has 35 heavy (non-hydrogen) atoms. The Kier molecular flexibility index (Phi) is 5.34. The average molecular weight is 489 g/mol. The molecule has 8 heteroatoms. The van der Waals surface area contributed by atoms with E-state index >= 15 is 0 Å². The van der Waals surface area contributed by atoms with E-state index in [1.54, 1.807) is 55.2 Å². The number of aromatic nitrogens is 4. The molecule has 0 aliphatic rings. The van der Waals surface area contributed by atoms with Crippen molar-refractivity contribution in [3.8, 4) is 11.3 Å². The van der Waals surface area contributed by atoms with Crippen molar-refractivity contribution >= 4 is 32.0 Å². The van der Waals surface area contributed by atoms with E-state index in [4.69, 9.17) is 5.10 Å². The second-order valence-corrected chi connectivity index (χ2v) is 11.3. The fourth-order valence-corrected chi connectivity index (χ4v) is 5.85. The van der Waals surface area contributed by atoms with Crippen LogP contribution in [0, 0.1) is 6.92 Å². The summed E-state index contributed by atoms with van der Waals surface area (Å²) in [4.78, 5) is 4.86. The Morgan fingerprint density at radius 1 is 1.03 bits per heavy atom. The first-order valence-electron chi connectivity index (χ1n) is 11.5. The summed E-state index contributed by atoms with van der Waals surface area (Å²) in [5.74, 6) is 0. The molecule has 0 aliphatic carbocycles. The van der Waals surface area contributed by atoms with Crippen molar-refractivity contribution in [2.75, 3.05) is 0 Å². The first-order valence-corrected chi connectivity index (χ1v) is 13.0. The van der Waals surface area contributed by atoms with Crippen molar-refractivity contribution in [3.05, 3.63) is 77.6 Å². The number of aliphatic hydroxyl groups is 1. The Morgan fingerprint density at radius 2 is 1.69 bits per heavy atom. The van der Waals surface area contributed by atoms with Crippen LogP contribution in [0.25, 0.3) is 33.2 Å². The molecule has 2 aromatic carbocycles. The highest BCUT2D eigenvalue weighted by atomic mass is 32.2. The molecule has 5 rings (SSSR count). The van der Waals surface area contributed by atoms with Gasteiger partial charge in [-0.3, -0.25) is 4.68 Å². The zero-order valence-corrected chi connectivity index (χ0v) is 21.3. The zero-order valence-electron chi connectivity index (χ0n) is 20.4. The molecule has 3 aromatic heterocycles. The number of rotatable bonds is 5. The molecular weight excluding hydrogens is 460 g/mol. The molecule has 1 N–H and O–H groups in total. The van der Waals surface area contributed by atoms with Crippen LogP contribution in [0.15, 0.2) is 65.8 Å². The highest BCUT2D eigenvalue weighted by Crippen LogP contribution is 2.36. The first kappa shape index (κ1) is 23.3. The molecule has 5 aromatic rings. The Labute approximate surface area is 204 Å². The van der Waals surface area contributed by atoms with Crippen molar-refractivity contribution in [3.63, 3.8) is 0 Å². The standard InChI is InChI=1S/C27H28N4O3S/c1-6-18-16-31(35(33,34)21-13-7-17(2)8-14-21)26-23(18)25-22(15-28-26)24(29-30(25)5)19-9-11-20(12-10-19)27(3,4)32/h7-16,32H,6H2,1-5H3. The second kappa shape index (κ2) is 8.03. The number of aryl methyl sites for hydroxylation is 3. The number of fused-ring (bicyclic) bond motifs is 3. The maximum atomic E-state index is 13.5. The minimum atomic E-state index is -3.82. The summed E-state index contributed by atoms with van der Waals surface area (Å²) in [5, 5.41) is 16.7. The van der Waals surface area contributed by atoms with Crippen LogP contribution < -0.4 is 0 Å². The van der Waals surface area contributed by atoms with Crippen LogP contribution in [0.4, 0.5) is 0 Å². The van der Waals surface area contributed by atoms with E-state index in [2.05, 4.69) is 4.98 Å². The smallest absolute Gasteiger partial charge is 0.269 e. The van der Waals surface area contributed by atoms with Gasteiger partial charge in [-0.1, -0.05) is 48.9 Å². The largest absolute Gasteiger partial charge is 0.386 e. The third-order valence-electron chi connectivity index (χ3n) is 6.49. The first-order chi connectivity index (χ1) is 16.5. The highest BCUT2D eigenvalue weighted by molar-refractivity contribution is 7.90. The maximum Gasteiger partial charge on any atom is 0.269 e. The molecule has 0 unspecified atom stereocenters. The summed E-state index contributed by atoms with van der Waals surface area (Å²) in [6.45, 7) is 7.43. The van der Waals surface area contributed by atoms with Crippen LogP contribution >= 0.6 is 0 Å². The van der Waals surface area contributed by atoms with Crippen LogP contribution in [-0.2, 0) is 29.1 Å². The summed E-state index contributed by atoms with van der Waals surface area (Å²) in [5.41, 5.74) is 4.65. The van der Waals surface area contributed by atoms with E-state index in [1.165, 1.54) is 3.97 Å². The van der Waals surface area contributed by atoms with Crippen LogP contribution in [0.1, 0.15) is 37.5 Å². The lowest BCUT2D eigenvalue weighted by atomic mass is 9.96. The summed E-state index contributed by atoms with van der Waals surface area (Å²) < 4.78 is 30.1. The predicted octanol–water partition coefficient (Wildman–Crippen LogP) is 4.93. The van der Waals surface area contributed by atoms with Gasteiger partial charge in [0.05, 0.1) is 16.0 Å². The molecule has 0 aliphatic heterocycles. The highest BCUT2D eigenvalue weighted by Gasteiger charge is 2.25. The fraction of sp³-hybridized carbons (Fsp3) is 0.259. The Balaban J connectivity index is 1.73. The summed E-state index contributed by atoms with van der Waals surface area (Å²) >= 11 is 0. The molecule has 0 saturated carbocycles. The molecule has 0 spiro atoms.